The number of furan rings is 2. The standard InChI is InChI=1S/C27H30N6O4/c1-17-8-4-7-11-21(17)33(24(34)16-32-30-26(29-31-32)23-15-13-19(3)37-23)25(22-14-12-18(2)36-22)27(35)28-20-9-5-6-10-20/h4,7-8,11-15,20,25H,5-6,9-10,16H2,1-3H3,(H,28,35)/t25-/m0/s1. The summed E-state index contributed by atoms with van der Waals surface area (Å²) in [5, 5.41) is 15.6. The van der Waals surface area contributed by atoms with Crippen molar-refractivity contribution in [3.8, 4) is 11.6 Å². The van der Waals surface area contributed by atoms with Crippen LogP contribution in [0.4, 0.5) is 5.69 Å². The molecule has 1 N–H and O–H groups in total. The summed E-state index contributed by atoms with van der Waals surface area (Å²) < 4.78 is 11.5. The second kappa shape index (κ2) is 10.4. The molecule has 1 saturated carbocycles. The molecular weight excluding hydrogens is 472 g/mol. The molecule has 0 radical (unpaired) electrons. The first-order valence-corrected chi connectivity index (χ1v) is 12.5. The van der Waals surface area contributed by atoms with Gasteiger partial charge in [-0.05, 0) is 74.7 Å². The molecule has 0 aliphatic heterocycles. The van der Waals surface area contributed by atoms with Gasteiger partial charge in [0.05, 0.1) is 0 Å². The van der Waals surface area contributed by atoms with Gasteiger partial charge in [0.1, 0.15) is 23.8 Å². The lowest BCUT2D eigenvalue weighted by Gasteiger charge is -2.31. The Kier molecular flexibility index (Phi) is 6.89. The van der Waals surface area contributed by atoms with E-state index >= 15 is 0 Å². The molecule has 0 unspecified atom stereocenters. The molecule has 192 valence electrons. The van der Waals surface area contributed by atoms with Crippen LogP contribution < -0.4 is 10.2 Å². The van der Waals surface area contributed by atoms with E-state index in [9.17, 15) is 9.59 Å². The fourth-order valence-corrected chi connectivity index (χ4v) is 4.74. The summed E-state index contributed by atoms with van der Waals surface area (Å²) in [6.45, 7) is 5.31. The molecule has 5 rings (SSSR count). The predicted molar refractivity (Wildman–Crippen MR) is 136 cm³/mol. The van der Waals surface area contributed by atoms with Crippen LogP contribution in [0.15, 0.2) is 57.4 Å². The maximum atomic E-state index is 13.9. The highest BCUT2D eigenvalue weighted by Crippen LogP contribution is 2.32. The summed E-state index contributed by atoms with van der Waals surface area (Å²) >= 11 is 0. The van der Waals surface area contributed by atoms with E-state index in [4.69, 9.17) is 8.83 Å². The number of para-hydroxylation sites is 1. The molecule has 1 aromatic carbocycles. The Morgan fingerprint density at radius 2 is 1.76 bits per heavy atom. The Morgan fingerprint density at radius 3 is 2.43 bits per heavy atom. The molecule has 10 nitrogen and oxygen atoms in total. The zero-order valence-electron chi connectivity index (χ0n) is 21.2. The molecule has 0 bridgehead atoms. The van der Waals surface area contributed by atoms with Crippen molar-refractivity contribution in [2.45, 2.75) is 65.1 Å². The number of hydrogen-bond acceptors (Lipinski definition) is 7. The third kappa shape index (κ3) is 5.32. The second-order valence-electron chi connectivity index (χ2n) is 9.44. The van der Waals surface area contributed by atoms with Gasteiger partial charge in [0, 0.05) is 11.7 Å². The second-order valence-corrected chi connectivity index (χ2v) is 9.44. The van der Waals surface area contributed by atoms with E-state index in [2.05, 4.69) is 20.7 Å². The Balaban J connectivity index is 1.50. The van der Waals surface area contributed by atoms with Gasteiger partial charge in [-0.15, -0.1) is 10.2 Å². The molecule has 3 heterocycles. The number of benzene rings is 1. The number of carbonyl (C=O) groups is 2. The van der Waals surface area contributed by atoms with Crippen LogP contribution in [0.1, 0.15) is 54.6 Å². The van der Waals surface area contributed by atoms with E-state index in [0.717, 1.165) is 37.0 Å². The zero-order valence-corrected chi connectivity index (χ0v) is 21.2. The highest BCUT2D eigenvalue weighted by molar-refractivity contribution is 6.01. The number of amides is 2. The fraction of sp³-hybridized carbons (Fsp3) is 0.370. The molecule has 3 aromatic heterocycles. The van der Waals surface area contributed by atoms with Crippen molar-refractivity contribution in [3.63, 3.8) is 0 Å². The normalized spacial score (nSPS) is 14.6. The molecule has 1 fully saturated rings. The number of rotatable bonds is 8. The molecule has 0 spiro atoms. The summed E-state index contributed by atoms with van der Waals surface area (Å²) in [4.78, 5) is 30.4. The molecule has 1 atom stereocenters. The van der Waals surface area contributed by atoms with Gasteiger partial charge in [0.25, 0.3) is 11.8 Å². The summed E-state index contributed by atoms with van der Waals surface area (Å²) in [6, 6.07) is 13.6. The van der Waals surface area contributed by atoms with Crippen molar-refractivity contribution in [1.82, 2.24) is 25.5 Å². The lowest BCUT2D eigenvalue weighted by atomic mass is 10.1. The third-order valence-electron chi connectivity index (χ3n) is 6.57. The van der Waals surface area contributed by atoms with Crippen LogP contribution in [0.3, 0.4) is 0 Å². The molecule has 2 amide bonds. The average Bonchev–Trinajstić information content (AvgIpc) is 3.67. The van der Waals surface area contributed by atoms with E-state index in [-0.39, 0.29) is 30.2 Å². The third-order valence-corrected chi connectivity index (χ3v) is 6.57. The predicted octanol–water partition coefficient (Wildman–Crippen LogP) is 4.28. The quantitative estimate of drug-likeness (QED) is 0.382. The highest BCUT2D eigenvalue weighted by atomic mass is 16.3. The molecular formula is C27H30N6O4. The smallest absolute Gasteiger partial charge is 0.251 e. The van der Waals surface area contributed by atoms with E-state index in [1.54, 1.807) is 24.3 Å². The number of nitrogens with one attached hydrogen (secondary N) is 1. The Morgan fingerprint density at radius 1 is 1.03 bits per heavy atom. The number of aromatic nitrogens is 4. The Labute approximate surface area is 214 Å². The fourth-order valence-electron chi connectivity index (χ4n) is 4.74. The average molecular weight is 503 g/mol. The SMILES string of the molecule is Cc1ccc(-c2nnn(CC(=O)N(c3ccccc3C)[C@H](C(=O)NC3CCCC3)c3ccc(C)o3)n2)o1. The number of hydrogen-bond donors (Lipinski definition) is 1. The van der Waals surface area contributed by atoms with Gasteiger partial charge in [-0.2, -0.15) is 4.80 Å². The van der Waals surface area contributed by atoms with Crippen molar-refractivity contribution < 1.29 is 18.4 Å². The number of nitrogens with zero attached hydrogens (tertiary/aromatic N) is 5. The van der Waals surface area contributed by atoms with Gasteiger partial charge >= 0.3 is 0 Å². The van der Waals surface area contributed by atoms with Crippen LogP contribution in [0, 0.1) is 20.8 Å². The minimum atomic E-state index is -1.00. The van der Waals surface area contributed by atoms with Gasteiger partial charge in [-0.3, -0.25) is 14.5 Å². The summed E-state index contributed by atoms with van der Waals surface area (Å²) in [5.74, 6) is 1.85. The lowest BCUT2D eigenvalue weighted by molar-refractivity contribution is -0.128. The molecule has 1 aliphatic rings. The Hall–Kier alpha value is -4.21. The van der Waals surface area contributed by atoms with Gasteiger partial charge in [0.2, 0.25) is 5.82 Å². The van der Waals surface area contributed by atoms with Gasteiger partial charge in [0.15, 0.2) is 11.8 Å². The van der Waals surface area contributed by atoms with Crippen LogP contribution in [-0.2, 0) is 16.1 Å². The van der Waals surface area contributed by atoms with E-state index < -0.39 is 6.04 Å². The van der Waals surface area contributed by atoms with Crippen molar-refractivity contribution in [2.75, 3.05) is 4.90 Å². The van der Waals surface area contributed by atoms with E-state index in [1.807, 2.05) is 45.0 Å². The molecule has 10 heteroatoms. The van der Waals surface area contributed by atoms with Crippen molar-refractivity contribution in [3.05, 3.63) is 71.4 Å². The van der Waals surface area contributed by atoms with Gasteiger partial charge < -0.3 is 14.2 Å². The molecule has 4 aromatic rings. The molecule has 37 heavy (non-hydrogen) atoms. The van der Waals surface area contributed by atoms with Crippen molar-refractivity contribution >= 4 is 17.5 Å². The maximum absolute atomic E-state index is 13.9. The molecule has 0 saturated heterocycles. The summed E-state index contributed by atoms with van der Waals surface area (Å²) in [5.41, 5.74) is 1.45. The minimum absolute atomic E-state index is 0.0798. The lowest BCUT2D eigenvalue weighted by Crippen LogP contribution is -2.47. The largest absolute Gasteiger partial charge is 0.464 e. The molecule has 1 aliphatic carbocycles. The first kappa shape index (κ1) is 24.5. The van der Waals surface area contributed by atoms with Crippen LogP contribution in [0.25, 0.3) is 11.6 Å². The van der Waals surface area contributed by atoms with Crippen LogP contribution >= 0.6 is 0 Å². The summed E-state index contributed by atoms with van der Waals surface area (Å²) in [6.07, 6.45) is 3.99. The van der Waals surface area contributed by atoms with Gasteiger partial charge in [-0.25, -0.2) is 0 Å². The van der Waals surface area contributed by atoms with Crippen molar-refractivity contribution in [2.24, 2.45) is 0 Å². The summed E-state index contributed by atoms with van der Waals surface area (Å²) in [7, 11) is 0. The maximum Gasteiger partial charge on any atom is 0.251 e. The van der Waals surface area contributed by atoms with Crippen molar-refractivity contribution in [1.29, 1.82) is 0 Å². The first-order valence-electron chi connectivity index (χ1n) is 12.5. The van der Waals surface area contributed by atoms with E-state index in [1.165, 1.54) is 9.70 Å². The number of anilines is 1. The topological polar surface area (TPSA) is 119 Å². The first-order chi connectivity index (χ1) is 17.9. The van der Waals surface area contributed by atoms with Gasteiger partial charge in [-0.1, -0.05) is 31.0 Å². The van der Waals surface area contributed by atoms with Crippen LogP contribution in [0.2, 0.25) is 0 Å². The monoisotopic (exact) mass is 502 g/mol. The highest BCUT2D eigenvalue weighted by Gasteiger charge is 2.37. The number of carbonyl (C=O) groups excluding carboxylic acids is 2. The number of tetrazole rings is 1. The Bertz CT molecular complexity index is 1400. The van der Waals surface area contributed by atoms with E-state index in [0.29, 0.717) is 23.0 Å². The zero-order chi connectivity index (χ0) is 25.9. The minimum Gasteiger partial charge on any atom is -0.464 e. The van der Waals surface area contributed by atoms with Crippen LogP contribution in [0.5, 0.6) is 0 Å². The van der Waals surface area contributed by atoms with Crippen LogP contribution in [-0.4, -0.2) is 38.1 Å². The number of aryl methyl sites for hydroxylation is 3.